The first kappa shape index (κ1) is 15.5. The smallest absolute Gasteiger partial charge is 0.318 e. The van der Waals surface area contributed by atoms with Crippen LogP contribution >= 0.6 is 0 Å². The van der Waals surface area contributed by atoms with Crippen molar-refractivity contribution < 1.29 is 18.0 Å². The van der Waals surface area contributed by atoms with Gasteiger partial charge in [-0.15, -0.1) is 0 Å². The minimum absolute atomic E-state index is 0.159. The van der Waals surface area contributed by atoms with Crippen LogP contribution in [0.4, 0.5) is 18.9 Å². The van der Waals surface area contributed by atoms with Crippen LogP contribution in [0.2, 0.25) is 0 Å². The Balaban J connectivity index is 2.75. The molecule has 0 unspecified atom stereocenters. The van der Waals surface area contributed by atoms with E-state index in [9.17, 15) is 18.0 Å². The van der Waals surface area contributed by atoms with E-state index in [1.807, 2.05) is 25.2 Å². The molecule has 6 heteroatoms. The van der Waals surface area contributed by atoms with Gasteiger partial charge in [-0.1, -0.05) is 26.0 Å². The lowest BCUT2D eigenvalue weighted by molar-refractivity contribution is -0.167. The van der Waals surface area contributed by atoms with Crippen LogP contribution < -0.4 is 5.32 Å². The van der Waals surface area contributed by atoms with Gasteiger partial charge in [0, 0.05) is 12.2 Å². The number of hydrogen-bond acceptors (Lipinski definition) is 2. The number of amides is 1. The largest absolute Gasteiger partial charge is 0.471 e. The SMILES string of the molecule is CCN(CC)Cc1cccc(NC(=O)C(F)(F)F)c1. The lowest BCUT2D eigenvalue weighted by Gasteiger charge is -2.18. The molecule has 1 rings (SSSR count). The molecule has 1 aromatic carbocycles. The molecule has 19 heavy (non-hydrogen) atoms. The molecule has 1 aromatic rings. The number of anilines is 1. The van der Waals surface area contributed by atoms with E-state index >= 15 is 0 Å². The molecule has 1 N–H and O–H groups in total. The van der Waals surface area contributed by atoms with Crippen LogP contribution in [0.15, 0.2) is 24.3 Å². The number of rotatable bonds is 5. The Morgan fingerprint density at radius 1 is 1.26 bits per heavy atom. The van der Waals surface area contributed by atoms with Crippen molar-refractivity contribution >= 4 is 11.6 Å². The molecule has 3 nitrogen and oxygen atoms in total. The van der Waals surface area contributed by atoms with Crippen LogP contribution in [0.5, 0.6) is 0 Å². The van der Waals surface area contributed by atoms with E-state index in [0.717, 1.165) is 18.7 Å². The maximum absolute atomic E-state index is 12.1. The molecule has 0 saturated heterocycles. The van der Waals surface area contributed by atoms with Crippen molar-refractivity contribution in [2.75, 3.05) is 18.4 Å². The quantitative estimate of drug-likeness (QED) is 0.895. The molecule has 0 aliphatic carbocycles. The fraction of sp³-hybridized carbons (Fsp3) is 0.462. The van der Waals surface area contributed by atoms with Crippen LogP contribution in [0, 0.1) is 0 Å². The molecule has 0 radical (unpaired) electrons. The fourth-order valence-corrected chi connectivity index (χ4v) is 1.65. The Kier molecular flexibility index (Phi) is 5.35. The zero-order chi connectivity index (χ0) is 14.5. The molecule has 0 saturated carbocycles. The highest BCUT2D eigenvalue weighted by atomic mass is 19.4. The summed E-state index contributed by atoms with van der Waals surface area (Å²) in [7, 11) is 0. The molecule has 0 atom stereocenters. The minimum atomic E-state index is -4.87. The predicted octanol–water partition coefficient (Wildman–Crippen LogP) is 3.03. The summed E-state index contributed by atoms with van der Waals surface area (Å²) in [4.78, 5) is 13.0. The Morgan fingerprint density at radius 2 is 1.89 bits per heavy atom. The third-order valence-corrected chi connectivity index (χ3v) is 2.74. The number of nitrogens with one attached hydrogen (secondary N) is 1. The van der Waals surface area contributed by atoms with Gasteiger partial charge in [0.2, 0.25) is 0 Å². The van der Waals surface area contributed by atoms with Gasteiger partial charge in [0.1, 0.15) is 0 Å². The number of carbonyl (C=O) groups excluding carboxylic acids is 1. The van der Waals surface area contributed by atoms with Gasteiger partial charge in [-0.3, -0.25) is 9.69 Å². The summed E-state index contributed by atoms with van der Waals surface area (Å²) >= 11 is 0. The maximum atomic E-state index is 12.1. The number of nitrogens with zero attached hydrogens (tertiary/aromatic N) is 1. The molecule has 0 bridgehead atoms. The molecule has 0 aliphatic heterocycles. The van der Waals surface area contributed by atoms with Crippen LogP contribution in [0.3, 0.4) is 0 Å². The average molecular weight is 274 g/mol. The highest BCUT2D eigenvalue weighted by Gasteiger charge is 2.38. The first-order valence-corrected chi connectivity index (χ1v) is 6.06. The monoisotopic (exact) mass is 274 g/mol. The Morgan fingerprint density at radius 3 is 2.42 bits per heavy atom. The number of hydrogen-bond donors (Lipinski definition) is 1. The van der Waals surface area contributed by atoms with Crippen molar-refractivity contribution in [1.82, 2.24) is 4.90 Å². The standard InChI is InChI=1S/C13H17F3N2O/c1-3-18(4-2)9-10-6-5-7-11(8-10)17-12(19)13(14,15)16/h5-8H,3-4,9H2,1-2H3,(H,17,19). The predicted molar refractivity (Wildman–Crippen MR) is 67.8 cm³/mol. The van der Waals surface area contributed by atoms with E-state index in [1.165, 1.54) is 6.07 Å². The first-order valence-electron chi connectivity index (χ1n) is 6.06. The van der Waals surface area contributed by atoms with Gasteiger partial charge >= 0.3 is 12.1 Å². The molecular weight excluding hydrogens is 257 g/mol. The summed E-state index contributed by atoms with van der Waals surface area (Å²) in [6.45, 7) is 6.38. The summed E-state index contributed by atoms with van der Waals surface area (Å²) in [5.41, 5.74) is 1.02. The Hall–Kier alpha value is -1.56. The number of benzene rings is 1. The van der Waals surface area contributed by atoms with E-state index in [-0.39, 0.29) is 5.69 Å². The van der Waals surface area contributed by atoms with Crippen molar-refractivity contribution in [3.05, 3.63) is 29.8 Å². The van der Waals surface area contributed by atoms with Gasteiger partial charge in [0.15, 0.2) is 0 Å². The van der Waals surface area contributed by atoms with Gasteiger partial charge in [0.05, 0.1) is 0 Å². The highest BCUT2D eigenvalue weighted by molar-refractivity contribution is 5.94. The van der Waals surface area contributed by atoms with Crippen molar-refractivity contribution in [3.63, 3.8) is 0 Å². The van der Waals surface area contributed by atoms with Gasteiger partial charge < -0.3 is 5.32 Å². The van der Waals surface area contributed by atoms with Crippen LogP contribution in [-0.2, 0) is 11.3 Å². The van der Waals surface area contributed by atoms with E-state index in [2.05, 4.69) is 4.90 Å². The van der Waals surface area contributed by atoms with E-state index in [1.54, 1.807) is 12.1 Å². The van der Waals surface area contributed by atoms with Crippen LogP contribution in [0.25, 0.3) is 0 Å². The van der Waals surface area contributed by atoms with Crippen molar-refractivity contribution in [2.45, 2.75) is 26.6 Å². The Labute approximate surface area is 110 Å². The number of halogens is 3. The van der Waals surface area contributed by atoms with Crippen molar-refractivity contribution in [1.29, 1.82) is 0 Å². The second-order valence-electron chi connectivity index (χ2n) is 4.11. The number of alkyl halides is 3. The summed E-state index contributed by atoms with van der Waals surface area (Å²) in [6, 6.07) is 6.45. The molecule has 0 spiro atoms. The van der Waals surface area contributed by atoms with E-state index < -0.39 is 12.1 Å². The minimum Gasteiger partial charge on any atom is -0.318 e. The van der Waals surface area contributed by atoms with E-state index in [0.29, 0.717) is 6.54 Å². The molecule has 0 heterocycles. The zero-order valence-electron chi connectivity index (χ0n) is 10.9. The highest BCUT2D eigenvalue weighted by Crippen LogP contribution is 2.19. The third kappa shape index (κ3) is 4.90. The maximum Gasteiger partial charge on any atom is 0.471 e. The fourth-order valence-electron chi connectivity index (χ4n) is 1.65. The molecule has 0 aliphatic rings. The molecular formula is C13H17F3N2O. The first-order chi connectivity index (χ1) is 8.86. The van der Waals surface area contributed by atoms with Crippen molar-refractivity contribution in [3.8, 4) is 0 Å². The lowest BCUT2D eigenvalue weighted by atomic mass is 10.2. The Bertz CT molecular complexity index is 428. The summed E-state index contributed by atoms with van der Waals surface area (Å²) in [5, 5.41) is 1.85. The topological polar surface area (TPSA) is 32.3 Å². The second kappa shape index (κ2) is 6.56. The summed E-state index contributed by atoms with van der Waals surface area (Å²) in [6.07, 6.45) is -4.87. The van der Waals surface area contributed by atoms with Crippen molar-refractivity contribution in [2.24, 2.45) is 0 Å². The van der Waals surface area contributed by atoms with Crippen LogP contribution in [0.1, 0.15) is 19.4 Å². The molecule has 1 amide bonds. The zero-order valence-corrected chi connectivity index (χ0v) is 10.9. The van der Waals surface area contributed by atoms with Crippen LogP contribution in [-0.4, -0.2) is 30.1 Å². The number of carbonyl (C=O) groups is 1. The normalized spacial score (nSPS) is 11.7. The van der Waals surface area contributed by atoms with Gasteiger partial charge in [0.25, 0.3) is 0 Å². The lowest BCUT2D eigenvalue weighted by Crippen LogP contribution is -2.30. The molecule has 0 fully saturated rings. The third-order valence-electron chi connectivity index (χ3n) is 2.74. The summed E-state index contributed by atoms with van der Waals surface area (Å²) in [5.74, 6) is -1.95. The van der Waals surface area contributed by atoms with Gasteiger partial charge in [-0.2, -0.15) is 13.2 Å². The molecule has 0 aromatic heterocycles. The summed E-state index contributed by atoms with van der Waals surface area (Å²) < 4.78 is 36.4. The second-order valence-corrected chi connectivity index (χ2v) is 4.11. The average Bonchev–Trinajstić information content (AvgIpc) is 2.35. The van der Waals surface area contributed by atoms with E-state index in [4.69, 9.17) is 0 Å². The van der Waals surface area contributed by atoms with Gasteiger partial charge in [-0.25, -0.2) is 0 Å². The van der Waals surface area contributed by atoms with Gasteiger partial charge in [-0.05, 0) is 30.8 Å². The molecule has 106 valence electrons.